The van der Waals surface area contributed by atoms with E-state index in [1.54, 1.807) is 18.2 Å². The van der Waals surface area contributed by atoms with Gasteiger partial charge in [-0.2, -0.15) is 4.31 Å². The molecule has 0 saturated carbocycles. The number of hydrogen-bond donors (Lipinski definition) is 1. The van der Waals surface area contributed by atoms with Crippen LogP contribution in [0.3, 0.4) is 0 Å². The summed E-state index contributed by atoms with van der Waals surface area (Å²) >= 11 is 0. The lowest BCUT2D eigenvalue weighted by Crippen LogP contribution is -2.52. The number of sulfonamides is 1. The van der Waals surface area contributed by atoms with Crippen LogP contribution >= 0.6 is 0 Å². The molecule has 2 aromatic carbocycles. The number of nitrogens with zero attached hydrogens (tertiary/aromatic N) is 1. The maximum absolute atomic E-state index is 12.9. The zero-order chi connectivity index (χ0) is 19.9. The number of benzene rings is 2. The molecular formula is C20H21NO6S. The highest BCUT2D eigenvalue weighted by Gasteiger charge is 2.45. The van der Waals surface area contributed by atoms with E-state index in [9.17, 15) is 18.3 Å². The first-order valence-electron chi connectivity index (χ1n) is 9.02. The number of phenols is 1. The fourth-order valence-corrected chi connectivity index (χ4v) is 5.23. The van der Waals surface area contributed by atoms with E-state index in [1.807, 2.05) is 0 Å². The molecule has 2 aliphatic rings. The molecule has 0 radical (unpaired) electrons. The van der Waals surface area contributed by atoms with Crippen molar-refractivity contribution >= 4 is 15.8 Å². The zero-order valence-corrected chi connectivity index (χ0v) is 16.2. The minimum atomic E-state index is -3.63. The number of fused-ring (bicyclic) bond motifs is 1. The molecule has 28 heavy (non-hydrogen) atoms. The highest BCUT2D eigenvalue weighted by Crippen LogP contribution is 2.41. The largest absolute Gasteiger partial charge is 0.508 e. The number of carbonyl (C=O) groups is 1. The van der Waals surface area contributed by atoms with Crippen LogP contribution in [0.1, 0.15) is 29.6 Å². The number of Topliss-reactive ketones (excluding diaryl/α,β-unsaturated/α-hetero) is 1. The third-order valence-corrected chi connectivity index (χ3v) is 7.32. The molecule has 0 bridgehead atoms. The molecule has 2 aliphatic heterocycles. The smallest absolute Gasteiger partial charge is 0.243 e. The second-order valence-electron chi connectivity index (χ2n) is 7.15. The summed E-state index contributed by atoms with van der Waals surface area (Å²) in [6.45, 7) is 0.519. The Morgan fingerprint density at radius 2 is 1.79 bits per heavy atom. The third-order valence-electron chi connectivity index (χ3n) is 5.41. The van der Waals surface area contributed by atoms with Crippen LogP contribution in [0.4, 0.5) is 0 Å². The summed E-state index contributed by atoms with van der Waals surface area (Å²) in [5.74, 6) is 0.936. The molecule has 4 rings (SSSR count). The summed E-state index contributed by atoms with van der Waals surface area (Å²) in [5, 5.41) is 9.69. The topological polar surface area (TPSA) is 93.1 Å². The predicted molar refractivity (Wildman–Crippen MR) is 101 cm³/mol. The molecular weight excluding hydrogens is 382 g/mol. The molecule has 0 aliphatic carbocycles. The van der Waals surface area contributed by atoms with Crippen molar-refractivity contribution < 1.29 is 27.8 Å². The first-order chi connectivity index (χ1) is 13.3. The van der Waals surface area contributed by atoms with Gasteiger partial charge in [-0.15, -0.1) is 0 Å². The molecule has 2 heterocycles. The lowest BCUT2D eigenvalue weighted by molar-refractivity contribution is 0.00579. The highest BCUT2D eigenvalue weighted by molar-refractivity contribution is 7.89. The number of methoxy groups -OCH3 is 1. The Bertz CT molecular complexity index is 1010. The first kappa shape index (κ1) is 18.8. The number of ketones is 1. The van der Waals surface area contributed by atoms with Gasteiger partial charge in [-0.05, 0) is 36.4 Å². The number of phenolic OH excluding ortho intramolecular Hbond substituents is 1. The van der Waals surface area contributed by atoms with Crippen LogP contribution in [0, 0.1) is 0 Å². The molecule has 2 aromatic rings. The molecule has 8 heteroatoms. The summed E-state index contributed by atoms with van der Waals surface area (Å²) in [5.41, 5.74) is -0.277. The van der Waals surface area contributed by atoms with Crippen molar-refractivity contribution in [2.75, 3.05) is 20.2 Å². The SMILES string of the molecule is COc1ccc(S(=O)(=O)N2CCC3(CC2)CC(=O)c2ccc(O)cc2O3)cc1. The monoisotopic (exact) mass is 403 g/mol. The second kappa shape index (κ2) is 6.79. The van der Waals surface area contributed by atoms with Gasteiger partial charge in [0.1, 0.15) is 22.8 Å². The third kappa shape index (κ3) is 3.22. The molecule has 1 fully saturated rings. The van der Waals surface area contributed by atoms with Crippen molar-refractivity contribution in [1.29, 1.82) is 0 Å². The van der Waals surface area contributed by atoms with E-state index in [-0.39, 0.29) is 35.9 Å². The summed E-state index contributed by atoms with van der Waals surface area (Å²) in [6.07, 6.45) is 1.02. The van der Waals surface area contributed by atoms with Crippen molar-refractivity contribution in [3.05, 3.63) is 48.0 Å². The zero-order valence-electron chi connectivity index (χ0n) is 15.4. The Hall–Kier alpha value is -2.58. The Labute approximate surface area is 163 Å². The van der Waals surface area contributed by atoms with E-state index in [4.69, 9.17) is 9.47 Å². The standard InChI is InChI=1S/C20H21NO6S/c1-26-15-3-5-16(6-4-15)28(24,25)21-10-8-20(9-11-21)13-18(23)17-7-2-14(22)12-19(17)27-20/h2-7,12,22H,8-11,13H2,1H3. The van der Waals surface area contributed by atoms with Gasteiger partial charge in [0.25, 0.3) is 0 Å². The Kier molecular flexibility index (Phi) is 4.55. The van der Waals surface area contributed by atoms with Crippen molar-refractivity contribution in [2.45, 2.75) is 29.8 Å². The van der Waals surface area contributed by atoms with Gasteiger partial charge in [0.2, 0.25) is 10.0 Å². The van der Waals surface area contributed by atoms with Crippen molar-refractivity contribution in [1.82, 2.24) is 4.31 Å². The van der Waals surface area contributed by atoms with Crippen LogP contribution < -0.4 is 9.47 Å². The highest BCUT2D eigenvalue weighted by atomic mass is 32.2. The Morgan fingerprint density at radius 1 is 1.11 bits per heavy atom. The molecule has 0 amide bonds. The van der Waals surface area contributed by atoms with E-state index in [2.05, 4.69) is 0 Å². The average Bonchev–Trinajstić information content (AvgIpc) is 2.68. The van der Waals surface area contributed by atoms with Gasteiger partial charge >= 0.3 is 0 Å². The number of carbonyl (C=O) groups excluding carboxylic acids is 1. The van der Waals surface area contributed by atoms with Gasteiger partial charge in [-0.25, -0.2) is 8.42 Å². The molecule has 0 aromatic heterocycles. The second-order valence-corrected chi connectivity index (χ2v) is 9.08. The predicted octanol–water partition coefficient (Wildman–Crippen LogP) is 2.59. The van der Waals surface area contributed by atoms with Gasteiger partial charge in [-0.1, -0.05) is 0 Å². The van der Waals surface area contributed by atoms with Crippen LogP contribution in [-0.4, -0.2) is 49.4 Å². The molecule has 0 unspecified atom stereocenters. The summed E-state index contributed by atoms with van der Waals surface area (Å²) in [7, 11) is -2.10. The lowest BCUT2D eigenvalue weighted by Gasteiger charge is -2.43. The maximum Gasteiger partial charge on any atom is 0.243 e. The van der Waals surface area contributed by atoms with E-state index < -0.39 is 15.6 Å². The maximum atomic E-state index is 12.9. The van der Waals surface area contributed by atoms with Crippen LogP contribution in [0.25, 0.3) is 0 Å². The van der Waals surface area contributed by atoms with Crippen LogP contribution in [0.2, 0.25) is 0 Å². The van der Waals surface area contributed by atoms with E-state index >= 15 is 0 Å². The minimum Gasteiger partial charge on any atom is -0.508 e. The lowest BCUT2D eigenvalue weighted by atomic mass is 9.83. The average molecular weight is 403 g/mol. The van der Waals surface area contributed by atoms with Gasteiger partial charge < -0.3 is 14.6 Å². The molecule has 0 atom stereocenters. The van der Waals surface area contributed by atoms with Gasteiger partial charge in [0, 0.05) is 32.0 Å². The molecule has 7 nitrogen and oxygen atoms in total. The van der Waals surface area contributed by atoms with Gasteiger partial charge in [0.15, 0.2) is 5.78 Å². The summed E-state index contributed by atoms with van der Waals surface area (Å²) in [4.78, 5) is 12.7. The number of aromatic hydroxyl groups is 1. The van der Waals surface area contributed by atoms with Gasteiger partial charge in [0.05, 0.1) is 24.0 Å². The molecule has 148 valence electrons. The van der Waals surface area contributed by atoms with E-state index in [1.165, 1.54) is 35.7 Å². The molecule has 1 spiro atoms. The number of ether oxygens (including phenoxy) is 2. The minimum absolute atomic E-state index is 0.0307. The molecule has 1 N–H and O–H groups in total. The Balaban J connectivity index is 1.52. The fourth-order valence-electron chi connectivity index (χ4n) is 3.79. The first-order valence-corrected chi connectivity index (χ1v) is 10.5. The van der Waals surface area contributed by atoms with Crippen molar-refractivity contribution in [2.24, 2.45) is 0 Å². The van der Waals surface area contributed by atoms with Crippen molar-refractivity contribution in [3.8, 4) is 17.2 Å². The molecule has 1 saturated heterocycles. The summed E-state index contributed by atoms with van der Waals surface area (Å²) < 4.78 is 38.4. The summed E-state index contributed by atoms with van der Waals surface area (Å²) in [6, 6.07) is 10.7. The van der Waals surface area contributed by atoms with Gasteiger partial charge in [-0.3, -0.25) is 4.79 Å². The van der Waals surface area contributed by atoms with Crippen LogP contribution in [0.15, 0.2) is 47.4 Å². The fraction of sp³-hybridized carbons (Fsp3) is 0.350. The Morgan fingerprint density at radius 3 is 2.43 bits per heavy atom. The number of rotatable bonds is 3. The van der Waals surface area contributed by atoms with Crippen LogP contribution in [0.5, 0.6) is 17.2 Å². The van der Waals surface area contributed by atoms with E-state index in [0.29, 0.717) is 29.9 Å². The number of piperidine rings is 1. The quantitative estimate of drug-likeness (QED) is 0.847. The normalized spacial score (nSPS) is 19.1. The number of hydrogen-bond acceptors (Lipinski definition) is 6. The van der Waals surface area contributed by atoms with Crippen molar-refractivity contribution in [3.63, 3.8) is 0 Å². The van der Waals surface area contributed by atoms with E-state index in [0.717, 1.165) is 0 Å². The van der Waals surface area contributed by atoms with Crippen LogP contribution in [-0.2, 0) is 10.0 Å².